The first-order chi connectivity index (χ1) is 12.0. The molecule has 1 unspecified atom stereocenters. The standard InChI is InChI=1S/C19H24BrNO4/c1-14(19(23)21-11-5-3-4-6-12-21)25-18(22)10-7-15-13-16(20)8-9-17(15)24-2/h7-10,13-14H,3-6,11-12H2,1-2H3/b10-7+. The summed E-state index contributed by atoms with van der Waals surface area (Å²) >= 11 is 3.39. The Bertz CT molecular complexity index is 636. The zero-order valence-corrected chi connectivity index (χ0v) is 16.3. The summed E-state index contributed by atoms with van der Waals surface area (Å²) in [7, 11) is 1.57. The third-order valence-corrected chi connectivity index (χ3v) is 4.64. The fourth-order valence-corrected chi connectivity index (χ4v) is 3.18. The van der Waals surface area contributed by atoms with E-state index in [2.05, 4.69) is 15.9 Å². The maximum Gasteiger partial charge on any atom is 0.331 e. The van der Waals surface area contributed by atoms with Gasteiger partial charge < -0.3 is 14.4 Å². The number of likely N-dealkylation sites (tertiary alicyclic amines) is 1. The van der Waals surface area contributed by atoms with Gasteiger partial charge in [0.25, 0.3) is 5.91 Å². The highest BCUT2D eigenvalue weighted by Crippen LogP contribution is 2.24. The lowest BCUT2D eigenvalue weighted by atomic mass is 10.2. The number of methoxy groups -OCH3 is 1. The SMILES string of the molecule is COc1ccc(Br)cc1/C=C/C(=O)OC(C)C(=O)N1CCCCCC1. The molecule has 0 N–H and O–H groups in total. The summed E-state index contributed by atoms with van der Waals surface area (Å²) in [4.78, 5) is 26.2. The fourth-order valence-electron chi connectivity index (χ4n) is 2.81. The van der Waals surface area contributed by atoms with Crippen LogP contribution in [0.5, 0.6) is 5.75 Å². The van der Waals surface area contributed by atoms with Crippen molar-refractivity contribution in [1.29, 1.82) is 0 Å². The number of carbonyl (C=O) groups is 2. The number of amides is 1. The van der Waals surface area contributed by atoms with E-state index in [9.17, 15) is 9.59 Å². The maximum absolute atomic E-state index is 12.4. The van der Waals surface area contributed by atoms with Crippen molar-refractivity contribution in [3.05, 3.63) is 34.3 Å². The molecule has 1 atom stereocenters. The highest BCUT2D eigenvalue weighted by atomic mass is 79.9. The molecule has 0 radical (unpaired) electrons. The summed E-state index contributed by atoms with van der Waals surface area (Å²) in [6, 6.07) is 5.51. The van der Waals surface area contributed by atoms with Gasteiger partial charge in [-0.2, -0.15) is 0 Å². The molecule has 136 valence electrons. The van der Waals surface area contributed by atoms with Crippen molar-refractivity contribution in [2.75, 3.05) is 20.2 Å². The number of esters is 1. The molecular weight excluding hydrogens is 386 g/mol. The Morgan fingerprint density at radius 3 is 2.52 bits per heavy atom. The zero-order valence-electron chi connectivity index (χ0n) is 14.7. The smallest absolute Gasteiger partial charge is 0.331 e. The van der Waals surface area contributed by atoms with Crippen LogP contribution in [0.25, 0.3) is 6.08 Å². The van der Waals surface area contributed by atoms with Gasteiger partial charge in [-0.05, 0) is 44.0 Å². The first kappa shape index (κ1) is 19.5. The van der Waals surface area contributed by atoms with Crippen LogP contribution in [-0.4, -0.2) is 43.1 Å². The Balaban J connectivity index is 1.94. The molecule has 1 aliphatic heterocycles. The molecule has 1 fully saturated rings. The summed E-state index contributed by atoms with van der Waals surface area (Å²) < 4.78 is 11.4. The lowest BCUT2D eigenvalue weighted by Gasteiger charge is -2.23. The Kier molecular flexibility index (Phi) is 7.50. The van der Waals surface area contributed by atoms with Gasteiger partial charge in [0.2, 0.25) is 0 Å². The van der Waals surface area contributed by atoms with E-state index in [1.807, 2.05) is 12.1 Å². The highest BCUT2D eigenvalue weighted by Gasteiger charge is 2.23. The molecule has 1 amide bonds. The van der Waals surface area contributed by atoms with Crippen molar-refractivity contribution in [3.63, 3.8) is 0 Å². The molecule has 0 aromatic heterocycles. The number of ether oxygens (including phenoxy) is 2. The molecular formula is C19H24BrNO4. The van der Waals surface area contributed by atoms with E-state index in [4.69, 9.17) is 9.47 Å². The molecule has 1 saturated heterocycles. The van der Waals surface area contributed by atoms with Crippen LogP contribution in [0.3, 0.4) is 0 Å². The monoisotopic (exact) mass is 409 g/mol. The predicted molar refractivity (Wildman–Crippen MR) is 100 cm³/mol. The highest BCUT2D eigenvalue weighted by molar-refractivity contribution is 9.10. The van der Waals surface area contributed by atoms with Crippen molar-refractivity contribution in [2.45, 2.75) is 38.7 Å². The summed E-state index contributed by atoms with van der Waals surface area (Å²) in [5, 5.41) is 0. The second-order valence-corrected chi connectivity index (χ2v) is 6.95. The van der Waals surface area contributed by atoms with Crippen molar-refractivity contribution in [2.24, 2.45) is 0 Å². The molecule has 0 bridgehead atoms. The molecule has 5 nitrogen and oxygen atoms in total. The molecule has 1 aliphatic rings. The predicted octanol–water partition coefficient (Wildman–Crippen LogP) is 3.81. The number of hydrogen-bond donors (Lipinski definition) is 0. The van der Waals surface area contributed by atoms with Crippen LogP contribution >= 0.6 is 15.9 Å². The van der Waals surface area contributed by atoms with Gasteiger partial charge in [-0.3, -0.25) is 4.79 Å². The van der Waals surface area contributed by atoms with Crippen LogP contribution in [0.1, 0.15) is 38.2 Å². The Morgan fingerprint density at radius 1 is 1.20 bits per heavy atom. The molecule has 6 heteroatoms. The number of benzene rings is 1. The average Bonchev–Trinajstić information content (AvgIpc) is 2.88. The van der Waals surface area contributed by atoms with Gasteiger partial charge in [0.05, 0.1) is 7.11 Å². The lowest BCUT2D eigenvalue weighted by Crippen LogP contribution is -2.40. The van der Waals surface area contributed by atoms with Gasteiger partial charge in [0.1, 0.15) is 5.75 Å². The summed E-state index contributed by atoms with van der Waals surface area (Å²) in [5.74, 6) is -0.0117. The number of rotatable bonds is 5. The van der Waals surface area contributed by atoms with Gasteiger partial charge >= 0.3 is 5.97 Å². The Hall–Kier alpha value is -1.82. The topological polar surface area (TPSA) is 55.8 Å². The molecule has 25 heavy (non-hydrogen) atoms. The first-order valence-electron chi connectivity index (χ1n) is 8.52. The van der Waals surface area contributed by atoms with E-state index in [1.165, 1.54) is 6.08 Å². The Labute approximate surface area is 157 Å². The second kappa shape index (κ2) is 9.61. The number of nitrogens with zero attached hydrogens (tertiary/aromatic N) is 1. The summed E-state index contributed by atoms with van der Waals surface area (Å²) in [5.41, 5.74) is 0.750. The van der Waals surface area contributed by atoms with Crippen LogP contribution in [0.15, 0.2) is 28.7 Å². The third kappa shape index (κ3) is 5.88. The van der Waals surface area contributed by atoms with Gasteiger partial charge in [-0.1, -0.05) is 28.8 Å². The third-order valence-electron chi connectivity index (χ3n) is 4.15. The summed E-state index contributed by atoms with van der Waals surface area (Å²) in [6.45, 7) is 3.11. The van der Waals surface area contributed by atoms with Crippen LogP contribution in [0.2, 0.25) is 0 Å². The normalized spacial score (nSPS) is 16.4. The summed E-state index contributed by atoms with van der Waals surface area (Å²) in [6.07, 6.45) is 6.47. The number of halogens is 1. The van der Waals surface area contributed by atoms with Crippen LogP contribution in [0, 0.1) is 0 Å². The molecule has 0 spiro atoms. The van der Waals surface area contributed by atoms with Crippen molar-refractivity contribution >= 4 is 33.9 Å². The average molecular weight is 410 g/mol. The van der Waals surface area contributed by atoms with E-state index < -0.39 is 12.1 Å². The maximum atomic E-state index is 12.4. The van der Waals surface area contributed by atoms with Gasteiger partial charge in [-0.25, -0.2) is 4.79 Å². The van der Waals surface area contributed by atoms with E-state index in [0.717, 1.165) is 48.8 Å². The van der Waals surface area contributed by atoms with Crippen LogP contribution < -0.4 is 4.74 Å². The minimum absolute atomic E-state index is 0.122. The van der Waals surface area contributed by atoms with Crippen molar-refractivity contribution in [1.82, 2.24) is 4.90 Å². The van der Waals surface area contributed by atoms with Crippen LogP contribution in [-0.2, 0) is 14.3 Å². The minimum atomic E-state index is -0.778. The molecule has 2 rings (SSSR count). The van der Waals surface area contributed by atoms with Gasteiger partial charge in [0.15, 0.2) is 6.10 Å². The molecule has 1 heterocycles. The number of hydrogen-bond acceptors (Lipinski definition) is 4. The lowest BCUT2D eigenvalue weighted by molar-refractivity contribution is -0.155. The van der Waals surface area contributed by atoms with Gasteiger partial charge in [-0.15, -0.1) is 0 Å². The van der Waals surface area contributed by atoms with E-state index in [1.54, 1.807) is 31.1 Å². The Morgan fingerprint density at radius 2 is 1.88 bits per heavy atom. The van der Waals surface area contributed by atoms with Crippen molar-refractivity contribution < 1.29 is 19.1 Å². The zero-order chi connectivity index (χ0) is 18.2. The van der Waals surface area contributed by atoms with E-state index >= 15 is 0 Å². The van der Waals surface area contributed by atoms with Crippen molar-refractivity contribution in [3.8, 4) is 5.75 Å². The second-order valence-electron chi connectivity index (χ2n) is 6.04. The number of carbonyl (C=O) groups excluding carboxylic acids is 2. The molecule has 1 aromatic rings. The molecule has 0 saturated carbocycles. The molecule has 1 aromatic carbocycles. The molecule has 0 aliphatic carbocycles. The van der Waals surface area contributed by atoms with Gasteiger partial charge in [0, 0.05) is 29.2 Å². The minimum Gasteiger partial charge on any atom is -0.496 e. The van der Waals surface area contributed by atoms with E-state index in [0.29, 0.717) is 5.75 Å². The first-order valence-corrected chi connectivity index (χ1v) is 9.31. The largest absolute Gasteiger partial charge is 0.496 e. The van der Waals surface area contributed by atoms with Crippen LogP contribution in [0.4, 0.5) is 0 Å². The fraction of sp³-hybridized carbons (Fsp3) is 0.474. The van der Waals surface area contributed by atoms with E-state index in [-0.39, 0.29) is 5.91 Å². The quantitative estimate of drug-likeness (QED) is 0.547.